The Hall–Kier alpha value is -3.09. The van der Waals surface area contributed by atoms with E-state index in [1.807, 2.05) is 30.3 Å². The van der Waals surface area contributed by atoms with Gasteiger partial charge in [-0.05, 0) is 33.1 Å². The Labute approximate surface area is 201 Å². The third-order valence-corrected chi connectivity index (χ3v) is 11.8. The molecule has 3 aromatic rings. The third-order valence-electron chi connectivity index (χ3n) is 6.77. The summed E-state index contributed by atoms with van der Waals surface area (Å²) in [5, 5.41) is 2.31. The zero-order valence-corrected chi connectivity index (χ0v) is 20.8. The normalized spacial score (nSPS) is 19.8. The zero-order chi connectivity index (χ0) is 23.8. The molecule has 176 valence electrons. The lowest BCUT2D eigenvalue weighted by Gasteiger charge is -2.43. The molecular formula is C28H30O5Si. The van der Waals surface area contributed by atoms with Crippen molar-refractivity contribution >= 4 is 24.7 Å². The highest BCUT2D eigenvalue weighted by molar-refractivity contribution is 6.99. The average molecular weight is 475 g/mol. The average Bonchev–Trinajstić information content (AvgIpc) is 3.45. The predicted molar refractivity (Wildman–Crippen MR) is 133 cm³/mol. The summed E-state index contributed by atoms with van der Waals surface area (Å²) in [5.41, 5.74) is 0.908. The number of hydrogen-bond donors (Lipinski definition) is 0. The van der Waals surface area contributed by atoms with E-state index in [2.05, 4.69) is 69.3 Å². The lowest BCUT2D eigenvalue weighted by atomic mass is 9.96. The van der Waals surface area contributed by atoms with E-state index in [1.165, 1.54) is 10.4 Å². The minimum absolute atomic E-state index is 0.0884. The molecule has 5 rings (SSSR count). The van der Waals surface area contributed by atoms with E-state index < -0.39 is 8.32 Å². The van der Waals surface area contributed by atoms with Crippen LogP contribution in [0.2, 0.25) is 5.04 Å². The smallest absolute Gasteiger partial charge is 0.306 e. The number of esters is 1. The van der Waals surface area contributed by atoms with E-state index in [1.54, 1.807) is 0 Å². The molecule has 0 aromatic heterocycles. The van der Waals surface area contributed by atoms with Crippen LogP contribution in [0.5, 0.6) is 11.5 Å². The van der Waals surface area contributed by atoms with Gasteiger partial charge in [0.05, 0.1) is 6.42 Å². The van der Waals surface area contributed by atoms with E-state index >= 15 is 0 Å². The van der Waals surface area contributed by atoms with Crippen LogP contribution in [-0.4, -0.2) is 27.7 Å². The summed E-state index contributed by atoms with van der Waals surface area (Å²) in [6.45, 7) is 7.41. The summed E-state index contributed by atoms with van der Waals surface area (Å²) in [4.78, 5) is 12.4. The van der Waals surface area contributed by atoms with E-state index in [0.717, 1.165) is 5.56 Å². The first-order valence-corrected chi connectivity index (χ1v) is 13.6. The van der Waals surface area contributed by atoms with Gasteiger partial charge in [0, 0.05) is 12.5 Å². The maximum absolute atomic E-state index is 12.4. The number of ether oxygens (including phenoxy) is 3. The molecule has 2 aliphatic rings. The van der Waals surface area contributed by atoms with Crippen LogP contribution in [-0.2, 0) is 14.0 Å². The number of carbonyl (C=O) groups is 1. The first-order valence-electron chi connectivity index (χ1n) is 11.7. The van der Waals surface area contributed by atoms with Crippen LogP contribution in [0.4, 0.5) is 0 Å². The summed E-state index contributed by atoms with van der Waals surface area (Å²) in [6.07, 6.45) is -0.0441. The van der Waals surface area contributed by atoms with E-state index in [4.69, 9.17) is 18.6 Å². The first-order chi connectivity index (χ1) is 16.4. The van der Waals surface area contributed by atoms with Gasteiger partial charge in [0.2, 0.25) is 6.79 Å². The van der Waals surface area contributed by atoms with E-state index in [9.17, 15) is 4.79 Å². The quantitative estimate of drug-likeness (QED) is 0.386. The molecule has 6 heteroatoms. The lowest BCUT2D eigenvalue weighted by molar-refractivity contribution is -0.141. The molecule has 1 saturated heterocycles. The molecule has 0 saturated carbocycles. The van der Waals surface area contributed by atoms with Crippen LogP contribution in [0.3, 0.4) is 0 Å². The Morgan fingerprint density at radius 2 is 1.50 bits per heavy atom. The van der Waals surface area contributed by atoms with Crippen LogP contribution < -0.4 is 19.8 Å². The standard InChI is InChI=1S/C28H30O5Si/c1-28(2,3)34(22-10-6-4-7-11-22,23-12-8-5-9-13-23)32-18-21-17-26(29)33-27(21)20-14-15-24-25(16-20)31-19-30-24/h4-16,21,27H,17-19H2,1-3H3/t21-,27-/m1/s1. The molecule has 0 amide bonds. The van der Waals surface area contributed by atoms with Gasteiger partial charge in [-0.25, -0.2) is 0 Å². The highest BCUT2D eigenvalue weighted by Gasteiger charge is 2.51. The Kier molecular flexibility index (Phi) is 5.96. The Morgan fingerprint density at radius 1 is 0.882 bits per heavy atom. The van der Waals surface area contributed by atoms with Crippen molar-refractivity contribution in [3.63, 3.8) is 0 Å². The molecule has 0 unspecified atom stereocenters. The molecule has 0 N–H and O–H groups in total. The summed E-state index contributed by atoms with van der Waals surface area (Å²) >= 11 is 0. The minimum Gasteiger partial charge on any atom is -0.457 e. The second-order valence-corrected chi connectivity index (χ2v) is 14.3. The topological polar surface area (TPSA) is 54.0 Å². The highest BCUT2D eigenvalue weighted by atomic mass is 28.4. The minimum atomic E-state index is -2.70. The lowest BCUT2D eigenvalue weighted by Crippen LogP contribution is -2.67. The Bertz CT molecular complexity index is 1120. The van der Waals surface area contributed by atoms with Gasteiger partial charge in [-0.3, -0.25) is 4.79 Å². The summed E-state index contributed by atoms with van der Waals surface area (Å²) in [6, 6.07) is 26.8. The molecule has 34 heavy (non-hydrogen) atoms. The van der Waals surface area contributed by atoms with Gasteiger partial charge in [-0.1, -0.05) is 87.5 Å². The van der Waals surface area contributed by atoms with Gasteiger partial charge in [0.15, 0.2) is 11.5 Å². The molecule has 0 radical (unpaired) electrons. The van der Waals surface area contributed by atoms with E-state index in [-0.39, 0.29) is 29.8 Å². The van der Waals surface area contributed by atoms with Gasteiger partial charge in [0.25, 0.3) is 8.32 Å². The highest BCUT2D eigenvalue weighted by Crippen LogP contribution is 2.42. The van der Waals surface area contributed by atoms with Crippen LogP contribution >= 0.6 is 0 Å². The third kappa shape index (κ3) is 4.01. The zero-order valence-electron chi connectivity index (χ0n) is 19.8. The monoisotopic (exact) mass is 474 g/mol. The molecule has 2 aliphatic heterocycles. The van der Waals surface area contributed by atoms with Gasteiger partial charge in [-0.15, -0.1) is 0 Å². The van der Waals surface area contributed by atoms with Gasteiger partial charge in [0.1, 0.15) is 6.10 Å². The Morgan fingerprint density at radius 3 is 2.12 bits per heavy atom. The van der Waals surface area contributed by atoms with Gasteiger partial charge < -0.3 is 18.6 Å². The van der Waals surface area contributed by atoms with Crippen LogP contribution in [0.1, 0.15) is 38.9 Å². The molecule has 0 spiro atoms. The molecule has 0 bridgehead atoms. The van der Waals surface area contributed by atoms with Crippen molar-refractivity contribution in [1.29, 1.82) is 0 Å². The van der Waals surface area contributed by atoms with Crippen molar-refractivity contribution < 1.29 is 23.4 Å². The maximum Gasteiger partial charge on any atom is 0.306 e. The SMILES string of the molecule is CC(C)(C)[Si](OC[C@H]1CC(=O)O[C@@H]1c1ccc2c(c1)OCO2)(c1ccccc1)c1ccccc1. The molecule has 1 fully saturated rings. The fraction of sp³-hybridized carbons (Fsp3) is 0.321. The number of cyclic esters (lactones) is 1. The Balaban J connectivity index is 1.50. The van der Waals surface area contributed by atoms with E-state index in [0.29, 0.717) is 24.5 Å². The van der Waals surface area contributed by atoms with Crippen molar-refractivity contribution in [2.24, 2.45) is 5.92 Å². The molecule has 5 nitrogen and oxygen atoms in total. The first kappa shape index (κ1) is 22.7. The summed E-state index contributed by atoms with van der Waals surface area (Å²) < 4.78 is 23.9. The molecule has 2 heterocycles. The molecule has 3 aromatic carbocycles. The van der Waals surface area contributed by atoms with Crippen molar-refractivity contribution in [1.82, 2.24) is 0 Å². The van der Waals surface area contributed by atoms with Crippen molar-refractivity contribution in [2.45, 2.75) is 38.3 Å². The second kappa shape index (κ2) is 8.93. The maximum atomic E-state index is 12.4. The van der Waals surface area contributed by atoms with Crippen LogP contribution in [0, 0.1) is 5.92 Å². The fourth-order valence-electron chi connectivity index (χ4n) is 5.18. The van der Waals surface area contributed by atoms with Gasteiger partial charge >= 0.3 is 5.97 Å². The number of fused-ring (bicyclic) bond motifs is 1. The van der Waals surface area contributed by atoms with Crippen LogP contribution in [0.25, 0.3) is 0 Å². The molecule has 0 aliphatic carbocycles. The van der Waals surface area contributed by atoms with Crippen molar-refractivity contribution in [3.05, 3.63) is 84.4 Å². The number of rotatable bonds is 6. The summed E-state index contributed by atoms with van der Waals surface area (Å²) in [7, 11) is -2.70. The molecular weight excluding hydrogens is 444 g/mol. The van der Waals surface area contributed by atoms with Crippen molar-refractivity contribution in [3.8, 4) is 11.5 Å². The van der Waals surface area contributed by atoms with Gasteiger partial charge in [-0.2, -0.15) is 0 Å². The number of carbonyl (C=O) groups excluding carboxylic acids is 1. The number of hydrogen-bond acceptors (Lipinski definition) is 5. The largest absolute Gasteiger partial charge is 0.457 e. The number of benzene rings is 3. The van der Waals surface area contributed by atoms with Crippen LogP contribution in [0.15, 0.2) is 78.9 Å². The predicted octanol–water partition coefficient (Wildman–Crippen LogP) is 4.60. The molecule has 2 atom stereocenters. The second-order valence-electron chi connectivity index (χ2n) is 9.96. The fourth-order valence-corrected chi connectivity index (χ4v) is 9.80. The summed E-state index contributed by atoms with van der Waals surface area (Å²) in [5.74, 6) is 1.12. The van der Waals surface area contributed by atoms with Crippen molar-refractivity contribution in [2.75, 3.05) is 13.4 Å².